The Labute approximate surface area is 118 Å². The second-order valence-electron chi connectivity index (χ2n) is 4.25. The minimum Gasteiger partial charge on any atom is -0.469 e. The lowest BCUT2D eigenvalue weighted by molar-refractivity contribution is -0.144. The summed E-state index contributed by atoms with van der Waals surface area (Å²) in [6, 6.07) is 2.13. The van der Waals surface area contributed by atoms with Gasteiger partial charge in [-0.25, -0.2) is 0 Å². The number of alkyl halides is 3. The van der Waals surface area contributed by atoms with Crippen molar-refractivity contribution in [3.8, 4) is 0 Å². The largest absolute Gasteiger partial charge is 0.469 e. The number of ether oxygens (including phenoxy) is 1. The first-order valence-electron chi connectivity index (χ1n) is 5.80. The molecule has 21 heavy (non-hydrogen) atoms. The predicted octanol–water partition coefficient (Wildman–Crippen LogP) is 1.48. The summed E-state index contributed by atoms with van der Waals surface area (Å²) in [6.45, 7) is 0. The molecule has 1 rings (SSSR count). The lowest BCUT2D eigenvalue weighted by atomic mass is 9.96. The number of methoxy groups -OCH3 is 1. The second-order valence-corrected chi connectivity index (χ2v) is 4.25. The molecule has 0 aliphatic carbocycles. The first kappa shape index (κ1) is 17.1. The number of benzene rings is 1. The van der Waals surface area contributed by atoms with Crippen molar-refractivity contribution in [2.24, 2.45) is 0 Å². The highest BCUT2D eigenvalue weighted by atomic mass is 19.4. The quantitative estimate of drug-likeness (QED) is 0.636. The standard InChI is InChI=1S/C13H13F3O5/c1-21-11(19)5-10(18)12(20)9-3-2-8(13(14,15)16)4-7(9)6-17/h2-4,6,10,12,18,20H,5H2,1H3. The summed E-state index contributed by atoms with van der Waals surface area (Å²) >= 11 is 0. The molecule has 0 saturated carbocycles. The van der Waals surface area contributed by atoms with Crippen LogP contribution < -0.4 is 0 Å². The van der Waals surface area contributed by atoms with E-state index in [9.17, 15) is 33.0 Å². The first-order valence-corrected chi connectivity index (χ1v) is 5.80. The minimum atomic E-state index is -4.63. The van der Waals surface area contributed by atoms with E-state index in [-0.39, 0.29) is 11.8 Å². The van der Waals surface area contributed by atoms with E-state index in [4.69, 9.17) is 0 Å². The highest BCUT2D eigenvalue weighted by Gasteiger charge is 2.32. The molecule has 0 radical (unpaired) electrons. The monoisotopic (exact) mass is 306 g/mol. The SMILES string of the molecule is COC(=O)CC(O)C(O)c1ccc(C(F)(F)F)cc1C=O. The van der Waals surface area contributed by atoms with E-state index >= 15 is 0 Å². The van der Waals surface area contributed by atoms with Gasteiger partial charge in [-0.05, 0) is 17.7 Å². The Bertz CT molecular complexity index is 527. The molecule has 2 atom stereocenters. The number of esters is 1. The van der Waals surface area contributed by atoms with Crippen LogP contribution >= 0.6 is 0 Å². The molecule has 0 aliphatic rings. The van der Waals surface area contributed by atoms with E-state index in [1.807, 2.05) is 0 Å². The van der Waals surface area contributed by atoms with Crippen LogP contribution in [0.15, 0.2) is 18.2 Å². The van der Waals surface area contributed by atoms with Gasteiger partial charge in [0.25, 0.3) is 0 Å². The molecule has 1 aromatic rings. The van der Waals surface area contributed by atoms with Crippen LogP contribution in [0.3, 0.4) is 0 Å². The Morgan fingerprint density at radius 3 is 2.48 bits per heavy atom. The molecule has 2 unspecified atom stereocenters. The normalized spacial score (nSPS) is 14.4. The van der Waals surface area contributed by atoms with Gasteiger partial charge in [0.1, 0.15) is 12.4 Å². The molecule has 2 N–H and O–H groups in total. The number of carbonyl (C=O) groups excluding carboxylic acids is 2. The smallest absolute Gasteiger partial charge is 0.416 e. The molecule has 0 amide bonds. The molecule has 8 heteroatoms. The molecule has 1 aromatic carbocycles. The van der Waals surface area contributed by atoms with Gasteiger partial charge in [0, 0.05) is 5.56 Å². The van der Waals surface area contributed by atoms with Gasteiger partial charge >= 0.3 is 12.1 Å². The topological polar surface area (TPSA) is 83.8 Å². The zero-order valence-electron chi connectivity index (χ0n) is 10.9. The van der Waals surface area contributed by atoms with Gasteiger partial charge in [0.15, 0.2) is 0 Å². The Kier molecular flexibility index (Phi) is 5.45. The Hall–Kier alpha value is -1.93. The number of rotatable bonds is 5. The second kappa shape index (κ2) is 6.68. The van der Waals surface area contributed by atoms with E-state index in [1.54, 1.807) is 0 Å². The van der Waals surface area contributed by atoms with E-state index in [0.717, 1.165) is 13.2 Å². The van der Waals surface area contributed by atoms with Crippen molar-refractivity contribution < 1.29 is 37.7 Å². The number of hydrogen-bond donors (Lipinski definition) is 2. The van der Waals surface area contributed by atoms with Crippen LogP contribution in [0.4, 0.5) is 13.2 Å². The zero-order chi connectivity index (χ0) is 16.2. The van der Waals surface area contributed by atoms with E-state index < -0.39 is 41.9 Å². The van der Waals surface area contributed by atoms with Gasteiger partial charge in [-0.1, -0.05) is 6.07 Å². The third-order valence-electron chi connectivity index (χ3n) is 2.83. The van der Waals surface area contributed by atoms with Crippen molar-refractivity contribution in [1.82, 2.24) is 0 Å². The van der Waals surface area contributed by atoms with E-state index in [2.05, 4.69) is 4.74 Å². The summed E-state index contributed by atoms with van der Waals surface area (Å²) in [5.74, 6) is -0.805. The fraction of sp³-hybridized carbons (Fsp3) is 0.385. The zero-order valence-corrected chi connectivity index (χ0v) is 10.9. The Morgan fingerprint density at radius 1 is 1.38 bits per heavy atom. The summed E-state index contributed by atoms with van der Waals surface area (Å²) in [5, 5.41) is 19.5. The van der Waals surface area contributed by atoms with Gasteiger partial charge in [-0.3, -0.25) is 9.59 Å². The molecule has 0 spiro atoms. The summed E-state index contributed by atoms with van der Waals surface area (Å²) in [5.41, 5.74) is -1.67. The number of aliphatic hydroxyl groups excluding tert-OH is 2. The number of aliphatic hydroxyl groups is 2. The van der Waals surface area contributed by atoms with Crippen molar-refractivity contribution in [2.45, 2.75) is 24.8 Å². The maximum atomic E-state index is 12.5. The summed E-state index contributed by atoms with van der Waals surface area (Å²) in [7, 11) is 1.08. The molecular formula is C13H13F3O5. The summed E-state index contributed by atoms with van der Waals surface area (Å²) in [6.07, 6.45) is -8.35. The van der Waals surface area contributed by atoms with Crippen molar-refractivity contribution in [3.05, 3.63) is 34.9 Å². The third kappa shape index (κ3) is 4.27. The maximum Gasteiger partial charge on any atom is 0.416 e. The van der Waals surface area contributed by atoms with Gasteiger partial charge in [0.05, 0.1) is 25.2 Å². The number of carbonyl (C=O) groups is 2. The molecule has 0 heterocycles. The van der Waals surface area contributed by atoms with E-state index in [0.29, 0.717) is 12.1 Å². The van der Waals surface area contributed by atoms with E-state index in [1.165, 1.54) is 0 Å². The van der Waals surface area contributed by atoms with Crippen LogP contribution in [0.1, 0.15) is 34.0 Å². The number of aldehydes is 1. The van der Waals surface area contributed by atoms with Crippen LogP contribution in [0, 0.1) is 0 Å². The average Bonchev–Trinajstić information content (AvgIpc) is 2.44. The van der Waals surface area contributed by atoms with Gasteiger partial charge in [0.2, 0.25) is 0 Å². The number of hydrogen-bond acceptors (Lipinski definition) is 5. The fourth-order valence-corrected chi connectivity index (χ4v) is 1.70. The number of halogens is 3. The molecule has 5 nitrogen and oxygen atoms in total. The van der Waals surface area contributed by atoms with Gasteiger partial charge < -0.3 is 14.9 Å². The maximum absolute atomic E-state index is 12.5. The van der Waals surface area contributed by atoms with Crippen molar-refractivity contribution in [2.75, 3.05) is 7.11 Å². The van der Waals surface area contributed by atoms with Crippen LogP contribution in [0.5, 0.6) is 0 Å². The van der Waals surface area contributed by atoms with Crippen LogP contribution in [-0.2, 0) is 15.7 Å². The van der Waals surface area contributed by atoms with Crippen molar-refractivity contribution in [1.29, 1.82) is 0 Å². The lowest BCUT2D eigenvalue weighted by Gasteiger charge is -2.19. The Morgan fingerprint density at radius 2 is 2.00 bits per heavy atom. The average molecular weight is 306 g/mol. The molecule has 0 bridgehead atoms. The van der Waals surface area contributed by atoms with Gasteiger partial charge in [-0.2, -0.15) is 13.2 Å². The highest BCUT2D eigenvalue weighted by Crippen LogP contribution is 2.32. The molecule has 0 saturated heterocycles. The van der Waals surface area contributed by atoms with Crippen molar-refractivity contribution in [3.63, 3.8) is 0 Å². The molecule has 116 valence electrons. The molecule has 0 fully saturated rings. The molecular weight excluding hydrogens is 293 g/mol. The summed E-state index contributed by atoms with van der Waals surface area (Å²) < 4.78 is 41.9. The van der Waals surface area contributed by atoms with Crippen LogP contribution in [0.25, 0.3) is 0 Å². The van der Waals surface area contributed by atoms with Gasteiger partial charge in [-0.15, -0.1) is 0 Å². The lowest BCUT2D eigenvalue weighted by Crippen LogP contribution is -2.23. The third-order valence-corrected chi connectivity index (χ3v) is 2.83. The Balaban J connectivity index is 3.07. The summed E-state index contributed by atoms with van der Waals surface area (Å²) in [4.78, 5) is 21.8. The highest BCUT2D eigenvalue weighted by molar-refractivity contribution is 5.78. The first-order chi connectivity index (χ1) is 9.70. The molecule has 0 aliphatic heterocycles. The van der Waals surface area contributed by atoms with Crippen molar-refractivity contribution >= 4 is 12.3 Å². The predicted molar refractivity (Wildman–Crippen MR) is 64.4 cm³/mol. The minimum absolute atomic E-state index is 0.138. The van der Waals surface area contributed by atoms with Crippen LogP contribution in [-0.4, -0.2) is 35.7 Å². The van der Waals surface area contributed by atoms with Crippen LogP contribution in [0.2, 0.25) is 0 Å². The fourth-order valence-electron chi connectivity index (χ4n) is 1.70. The molecule has 0 aromatic heterocycles.